The van der Waals surface area contributed by atoms with Crippen LogP contribution in [-0.2, 0) is 23.7 Å². The van der Waals surface area contributed by atoms with Gasteiger partial charge in [-0.05, 0) is 27.2 Å². The maximum atomic E-state index is 11.9. The minimum absolute atomic E-state index is 0.380. The molecule has 2 aliphatic rings. The quantitative estimate of drug-likeness (QED) is 0.706. The molecule has 0 amide bonds. The van der Waals surface area contributed by atoms with Crippen molar-refractivity contribution >= 4 is 5.97 Å². The summed E-state index contributed by atoms with van der Waals surface area (Å²) in [6.45, 7) is 8.05. The normalized spacial score (nSPS) is 37.7. The summed E-state index contributed by atoms with van der Waals surface area (Å²) in [5.74, 6) is -2.11. The van der Waals surface area contributed by atoms with Gasteiger partial charge < -0.3 is 18.9 Å². The van der Waals surface area contributed by atoms with E-state index in [1.807, 2.05) is 6.92 Å². The lowest BCUT2D eigenvalue weighted by Crippen LogP contribution is -2.45. The average Bonchev–Trinajstić information content (AvgIpc) is 2.73. The molecule has 0 unspecified atom stereocenters. The van der Waals surface area contributed by atoms with Crippen LogP contribution in [0.1, 0.15) is 47.0 Å². The number of carbonyl (C=O) groups excluding carboxylic acids is 1. The molecule has 5 heteroatoms. The number of fused-ring (bicyclic) bond motifs is 1. The number of esters is 1. The fraction of sp³-hybridized carbons (Fsp3) is 0.923. The van der Waals surface area contributed by atoms with Gasteiger partial charge in [0.1, 0.15) is 0 Å². The van der Waals surface area contributed by atoms with Crippen molar-refractivity contribution in [3.63, 3.8) is 0 Å². The minimum Gasteiger partial charge on any atom is -0.428 e. The Bertz CT molecular complexity index is 327. The third-order valence-electron chi connectivity index (χ3n) is 3.30. The van der Waals surface area contributed by atoms with Crippen molar-refractivity contribution in [2.75, 3.05) is 6.61 Å². The van der Waals surface area contributed by atoms with E-state index in [0.29, 0.717) is 13.0 Å². The summed E-state index contributed by atoms with van der Waals surface area (Å²) in [4.78, 5) is 11.9. The molecule has 2 rings (SSSR count). The van der Waals surface area contributed by atoms with E-state index in [4.69, 9.17) is 18.9 Å². The van der Waals surface area contributed by atoms with Gasteiger partial charge in [-0.1, -0.05) is 13.3 Å². The Labute approximate surface area is 108 Å². The number of carbonyl (C=O) groups is 1. The van der Waals surface area contributed by atoms with Gasteiger partial charge in [0.05, 0.1) is 0 Å². The maximum Gasteiger partial charge on any atom is 0.341 e. The average molecular weight is 258 g/mol. The molecule has 18 heavy (non-hydrogen) atoms. The lowest BCUT2D eigenvalue weighted by Gasteiger charge is -2.32. The van der Waals surface area contributed by atoms with Crippen LogP contribution in [0.5, 0.6) is 0 Å². The number of ether oxygens (including phenoxy) is 4. The second-order valence-corrected chi connectivity index (χ2v) is 5.25. The first kappa shape index (κ1) is 13.8. The smallest absolute Gasteiger partial charge is 0.341 e. The predicted molar refractivity (Wildman–Crippen MR) is 63.8 cm³/mol. The highest BCUT2D eigenvalue weighted by Gasteiger charge is 2.64. The second-order valence-electron chi connectivity index (χ2n) is 5.25. The first-order valence-corrected chi connectivity index (χ1v) is 6.66. The molecule has 0 aliphatic carbocycles. The molecule has 2 aliphatic heterocycles. The Balaban J connectivity index is 2.21. The van der Waals surface area contributed by atoms with Gasteiger partial charge >= 0.3 is 5.97 Å². The van der Waals surface area contributed by atoms with E-state index in [-0.39, 0.29) is 5.97 Å². The van der Waals surface area contributed by atoms with E-state index in [1.54, 1.807) is 13.8 Å². The SMILES string of the molecule is CCCC[C@]1(OCC)OC(=O)[C@H]2OC(C)(C)O[C@H]21. The van der Waals surface area contributed by atoms with Gasteiger partial charge in [-0.2, -0.15) is 0 Å². The molecule has 0 N–H and O–H groups in total. The fourth-order valence-corrected chi connectivity index (χ4v) is 2.59. The zero-order valence-corrected chi connectivity index (χ0v) is 11.5. The predicted octanol–water partition coefficient (Wildman–Crippen LogP) is 1.99. The minimum atomic E-state index is -0.972. The molecule has 0 saturated carbocycles. The Morgan fingerprint density at radius 3 is 2.61 bits per heavy atom. The van der Waals surface area contributed by atoms with E-state index in [1.165, 1.54) is 0 Å². The molecule has 0 bridgehead atoms. The standard InChI is InChI=1S/C13H22O5/c1-5-7-8-13(15-6-2)10-9(11(14)18-13)16-12(3,4)17-10/h9-10H,5-8H2,1-4H3/t9-,10+,13-/m0/s1. The Morgan fingerprint density at radius 2 is 2.00 bits per heavy atom. The van der Waals surface area contributed by atoms with Crippen LogP contribution in [0.25, 0.3) is 0 Å². The van der Waals surface area contributed by atoms with Crippen LogP contribution >= 0.6 is 0 Å². The number of hydrogen-bond donors (Lipinski definition) is 0. The number of cyclic esters (lactones) is 1. The summed E-state index contributed by atoms with van der Waals surface area (Å²) in [5.41, 5.74) is 0. The van der Waals surface area contributed by atoms with E-state index in [9.17, 15) is 4.79 Å². The van der Waals surface area contributed by atoms with Crippen molar-refractivity contribution in [1.29, 1.82) is 0 Å². The van der Waals surface area contributed by atoms with Gasteiger partial charge in [0, 0.05) is 13.0 Å². The summed E-state index contributed by atoms with van der Waals surface area (Å²) in [7, 11) is 0. The third-order valence-corrected chi connectivity index (χ3v) is 3.30. The van der Waals surface area contributed by atoms with Crippen LogP contribution in [0.4, 0.5) is 0 Å². The highest BCUT2D eigenvalue weighted by atomic mass is 16.8. The van der Waals surface area contributed by atoms with Crippen LogP contribution in [0.2, 0.25) is 0 Å². The lowest BCUT2D eigenvalue weighted by molar-refractivity contribution is -0.273. The maximum absolute atomic E-state index is 11.9. The fourth-order valence-electron chi connectivity index (χ4n) is 2.59. The van der Waals surface area contributed by atoms with Gasteiger partial charge in [0.25, 0.3) is 0 Å². The second kappa shape index (κ2) is 4.79. The van der Waals surface area contributed by atoms with Crippen molar-refractivity contribution < 1.29 is 23.7 Å². The zero-order chi connectivity index (χ0) is 13.4. The summed E-state index contributed by atoms with van der Waals surface area (Å²) in [6, 6.07) is 0. The first-order valence-electron chi connectivity index (χ1n) is 6.66. The van der Waals surface area contributed by atoms with Crippen LogP contribution in [-0.4, -0.2) is 36.4 Å². The van der Waals surface area contributed by atoms with Gasteiger partial charge in [-0.3, -0.25) is 0 Å². The molecule has 0 radical (unpaired) electrons. The molecule has 0 aromatic rings. The molecular weight excluding hydrogens is 236 g/mol. The molecule has 3 atom stereocenters. The molecule has 104 valence electrons. The molecule has 2 fully saturated rings. The third kappa shape index (κ3) is 2.27. The molecular formula is C13H22O5. The Morgan fingerprint density at radius 1 is 1.28 bits per heavy atom. The molecule has 0 aromatic carbocycles. The molecule has 0 spiro atoms. The summed E-state index contributed by atoms with van der Waals surface area (Å²) in [6.07, 6.45) is 1.44. The highest BCUT2D eigenvalue weighted by molar-refractivity contribution is 5.79. The largest absolute Gasteiger partial charge is 0.428 e. The lowest BCUT2D eigenvalue weighted by atomic mass is 10.0. The number of hydrogen-bond acceptors (Lipinski definition) is 5. The van der Waals surface area contributed by atoms with Gasteiger partial charge in [0.2, 0.25) is 5.79 Å². The van der Waals surface area contributed by atoms with Crippen molar-refractivity contribution in [3.05, 3.63) is 0 Å². The summed E-state index contributed by atoms with van der Waals surface area (Å²) >= 11 is 0. The molecule has 2 heterocycles. The molecule has 5 nitrogen and oxygen atoms in total. The summed E-state index contributed by atoms with van der Waals surface area (Å²) < 4.78 is 22.6. The monoisotopic (exact) mass is 258 g/mol. The van der Waals surface area contributed by atoms with Gasteiger partial charge in [0.15, 0.2) is 18.0 Å². The van der Waals surface area contributed by atoms with E-state index < -0.39 is 23.8 Å². The van der Waals surface area contributed by atoms with Crippen LogP contribution in [0, 0.1) is 0 Å². The van der Waals surface area contributed by atoms with E-state index >= 15 is 0 Å². The van der Waals surface area contributed by atoms with Gasteiger partial charge in [-0.15, -0.1) is 0 Å². The van der Waals surface area contributed by atoms with Crippen molar-refractivity contribution in [1.82, 2.24) is 0 Å². The Kier molecular flexibility index (Phi) is 3.67. The first-order chi connectivity index (χ1) is 8.44. The van der Waals surface area contributed by atoms with Crippen LogP contribution < -0.4 is 0 Å². The number of unbranched alkanes of at least 4 members (excludes halogenated alkanes) is 1. The zero-order valence-electron chi connectivity index (χ0n) is 11.5. The van der Waals surface area contributed by atoms with E-state index in [2.05, 4.69) is 6.92 Å². The van der Waals surface area contributed by atoms with Crippen molar-refractivity contribution in [2.45, 2.75) is 70.7 Å². The highest BCUT2D eigenvalue weighted by Crippen LogP contribution is 2.44. The number of rotatable bonds is 5. The summed E-state index contributed by atoms with van der Waals surface area (Å²) in [5, 5.41) is 0. The van der Waals surface area contributed by atoms with Crippen LogP contribution in [0.15, 0.2) is 0 Å². The molecule has 2 saturated heterocycles. The topological polar surface area (TPSA) is 54.0 Å². The van der Waals surface area contributed by atoms with Crippen LogP contribution in [0.3, 0.4) is 0 Å². The van der Waals surface area contributed by atoms with Crippen molar-refractivity contribution in [2.24, 2.45) is 0 Å². The van der Waals surface area contributed by atoms with Crippen molar-refractivity contribution in [3.8, 4) is 0 Å². The van der Waals surface area contributed by atoms with E-state index in [0.717, 1.165) is 12.8 Å². The Hall–Kier alpha value is -0.650. The molecule has 0 aromatic heterocycles. The van der Waals surface area contributed by atoms with Gasteiger partial charge in [-0.25, -0.2) is 4.79 Å².